The second-order valence-corrected chi connectivity index (χ2v) is 5.79. The molecule has 19 heavy (non-hydrogen) atoms. The SMILES string of the molecule is CC(C)CCCC(C)NCc1ccc2c(c1)OCO2. The molecule has 1 aliphatic heterocycles. The number of fused-ring (bicyclic) bond motifs is 1. The molecule has 0 aliphatic carbocycles. The number of nitrogens with one attached hydrogen (secondary N) is 1. The Labute approximate surface area is 116 Å². The minimum absolute atomic E-state index is 0.345. The van der Waals surface area contributed by atoms with Crippen molar-refractivity contribution in [3.63, 3.8) is 0 Å². The van der Waals surface area contributed by atoms with Crippen LogP contribution >= 0.6 is 0 Å². The van der Waals surface area contributed by atoms with E-state index in [0.717, 1.165) is 24.0 Å². The summed E-state index contributed by atoms with van der Waals surface area (Å²) in [6.07, 6.45) is 3.85. The molecular weight excluding hydrogens is 238 g/mol. The third-order valence-corrected chi connectivity index (χ3v) is 3.51. The summed E-state index contributed by atoms with van der Waals surface area (Å²) in [7, 11) is 0. The van der Waals surface area contributed by atoms with E-state index in [2.05, 4.69) is 38.2 Å². The molecule has 0 fully saturated rings. The van der Waals surface area contributed by atoms with E-state index in [-0.39, 0.29) is 0 Å². The molecule has 0 spiro atoms. The summed E-state index contributed by atoms with van der Waals surface area (Å²) in [5.41, 5.74) is 1.25. The molecule has 1 unspecified atom stereocenters. The van der Waals surface area contributed by atoms with Crippen LogP contribution in [0.2, 0.25) is 0 Å². The van der Waals surface area contributed by atoms with Crippen molar-refractivity contribution in [2.24, 2.45) is 5.92 Å². The number of hydrogen-bond acceptors (Lipinski definition) is 3. The molecule has 0 amide bonds. The van der Waals surface area contributed by atoms with E-state index >= 15 is 0 Å². The first-order valence-corrected chi connectivity index (χ1v) is 7.27. The van der Waals surface area contributed by atoms with Gasteiger partial charge in [0.05, 0.1) is 0 Å². The molecule has 3 nitrogen and oxygen atoms in total. The van der Waals surface area contributed by atoms with Gasteiger partial charge in [-0.15, -0.1) is 0 Å². The highest BCUT2D eigenvalue weighted by atomic mass is 16.7. The van der Waals surface area contributed by atoms with E-state index in [1.54, 1.807) is 0 Å². The van der Waals surface area contributed by atoms with E-state index in [4.69, 9.17) is 9.47 Å². The number of benzene rings is 1. The lowest BCUT2D eigenvalue weighted by Crippen LogP contribution is -2.25. The molecule has 106 valence electrons. The Kier molecular flexibility index (Phi) is 5.08. The van der Waals surface area contributed by atoms with Crippen LogP contribution in [0.15, 0.2) is 18.2 Å². The number of hydrogen-bond donors (Lipinski definition) is 1. The molecule has 1 atom stereocenters. The van der Waals surface area contributed by atoms with Crippen LogP contribution in [0.25, 0.3) is 0 Å². The maximum Gasteiger partial charge on any atom is 0.231 e. The topological polar surface area (TPSA) is 30.5 Å². The zero-order valence-electron chi connectivity index (χ0n) is 12.2. The lowest BCUT2D eigenvalue weighted by atomic mass is 10.0. The van der Waals surface area contributed by atoms with Gasteiger partial charge in [-0.3, -0.25) is 0 Å². The van der Waals surface area contributed by atoms with Gasteiger partial charge in [0.15, 0.2) is 11.5 Å². The lowest BCUT2D eigenvalue weighted by molar-refractivity contribution is 0.174. The van der Waals surface area contributed by atoms with Crippen molar-refractivity contribution in [1.82, 2.24) is 5.32 Å². The fraction of sp³-hybridized carbons (Fsp3) is 0.625. The number of rotatable bonds is 7. The highest BCUT2D eigenvalue weighted by Gasteiger charge is 2.13. The van der Waals surface area contributed by atoms with Gasteiger partial charge in [-0.05, 0) is 37.0 Å². The molecular formula is C16H25NO2. The predicted octanol–water partition coefficient (Wildman–Crippen LogP) is 3.72. The summed E-state index contributed by atoms with van der Waals surface area (Å²) >= 11 is 0. The van der Waals surface area contributed by atoms with Crippen molar-refractivity contribution >= 4 is 0 Å². The fourth-order valence-corrected chi connectivity index (χ4v) is 2.28. The van der Waals surface area contributed by atoms with E-state index in [1.165, 1.54) is 24.8 Å². The maximum absolute atomic E-state index is 5.39. The van der Waals surface area contributed by atoms with Crippen LogP contribution in [-0.4, -0.2) is 12.8 Å². The highest BCUT2D eigenvalue weighted by Crippen LogP contribution is 2.32. The van der Waals surface area contributed by atoms with E-state index in [0.29, 0.717) is 12.8 Å². The van der Waals surface area contributed by atoms with Crippen LogP contribution in [0.3, 0.4) is 0 Å². The van der Waals surface area contributed by atoms with Crippen LogP contribution in [0.1, 0.15) is 45.6 Å². The molecule has 1 aliphatic rings. The molecule has 0 aromatic heterocycles. The largest absolute Gasteiger partial charge is 0.454 e. The smallest absolute Gasteiger partial charge is 0.231 e. The molecule has 2 rings (SSSR count). The Morgan fingerprint density at radius 3 is 2.68 bits per heavy atom. The van der Waals surface area contributed by atoms with Crippen LogP contribution in [0.5, 0.6) is 11.5 Å². The molecule has 1 aromatic carbocycles. The highest BCUT2D eigenvalue weighted by molar-refractivity contribution is 5.44. The van der Waals surface area contributed by atoms with E-state index < -0.39 is 0 Å². The Bertz CT molecular complexity index is 404. The monoisotopic (exact) mass is 263 g/mol. The van der Waals surface area contributed by atoms with Crippen molar-refractivity contribution in [3.05, 3.63) is 23.8 Å². The molecule has 1 heterocycles. The van der Waals surface area contributed by atoms with Crippen molar-refractivity contribution in [2.45, 2.75) is 52.6 Å². The van der Waals surface area contributed by atoms with Crippen molar-refractivity contribution in [2.75, 3.05) is 6.79 Å². The average molecular weight is 263 g/mol. The third kappa shape index (κ3) is 4.43. The first-order chi connectivity index (χ1) is 9.15. The normalized spacial score (nSPS) is 14.9. The second kappa shape index (κ2) is 6.80. The maximum atomic E-state index is 5.39. The Morgan fingerprint density at radius 1 is 1.11 bits per heavy atom. The van der Waals surface area contributed by atoms with Gasteiger partial charge in [0.2, 0.25) is 6.79 Å². The van der Waals surface area contributed by atoms with Crippen molar-refractivity contribution < 1.29 is 9.47 Å². The fourth-order valence-electron chi connectivity index (χ4n) is 2.28. The van der Waals surface area contributed by atoms with E-state index in [1.807, 2.05) is 6.07 Å². The van der Waals surface area contributed by atoms with Gasteiger partial charge < -0.3 is 14.8 Å². The first-order valence-electron chi connectivity index (χ1n) is 7.27. The molecule has 1 aromatic rings. The van der Waals surface area contributed by atoms with Crippen LogP contribution in [0, 0.1) is 5.92 Å². The van der Waals surface area contributed by atoms with Gasteiger partial charge in [0.1, 0.15) is 0 Å². The van der Waals surface area contributed by atoms with Crippen molar-refractivity contribution in [1.29, 1.82) is 0 Å². The van der Waals surface area contributed by atoms with Crippen LogP contribution in [-0.2, 0) is 6.54 Å². The molecule has 3 heteroatoms. The Balaban J connectivity index is 1.73. The summed E-state index contributed by atoms with van der Waals surface area (Å²) in [6.45, 7) is 8.06. The van der Waals surface area contributed by atoms with Gasteiger partial charge in [-0.2, -0.15) is 0 Å². The molecule has 0 radical (unpaired) electrons. The van der Waals surface area contributed by atoms with Gasteiger partial charge in [-0.1, -0.05) is 32.8 Å². The predicted molar refractivity (Wildman–Crippen MR) is 77.6 cm³/mol. The minimum atomic E-state index is 0.345. The first kappa shape index (κ1) is 14.2. The molecule has 0 bridgehead atoms. The number of ether oxygens (including phenoxy) is 2. The van der Waals surface area contributed by atoms with Crippen molar-refractivity contribution in [3.8, 4) is 11.5 Å². The van der Waals surface area contributed by atoms with Crippen LogP contribution in [0.4, 0.5) is 0 Å². The average Bonchev–Trinajstić information content (AvgIpc) is 2.83. The van der Waals surface area contributed by atoms with E-state index in [9.17, 15) is 0 Å². The summed E-state index contributed by atoms with van der Waals surface area (Å²) in [4.78, 5) is 0. The second-order valence-electron chi connectivity index (χ2n) is 5.79. The molecule has 0 saturated heterocycles. The van der Waals surface area contributed by atoms with Gasteiger partial charge in [0, 0.05) is 12.6 Å². The Hall–Kier alpha value is -1.22. The summed E-state index contributed by atoms with van der Waals surface area (Å²) in [5.74, 6) is 2.53. The van der Waals surface area contributed by atoms with Gasteiger partial charge in [-0.25, -0.2) is 0 Å². The quantitative estimate of drug-likeness (QED) is 0.813. The third-order valence-electron chi connectivity index (χ3n) is 3.51. The Morgan fingerprint density at radius 2 is 1.89 bits per heavy atom. The van der Waals surface area contributed by atoms with Gasteiger partial charge in [0.25, 0.3) is 0 Å². The zero-order chi connectivity index (χ0) is 13.7. The minimum Gasteiger partial charge on any atom is -0.454 e. The van der Waals surface area contributed by atoms with Gasteiger partial charge >= 0.3 is 0 Å². The van der Waals surface area contributed by atoms with Crippen LogP contribution < -0.4 is 14.8 Å². The standard InChI is InChI=1S/C16H25NO2/c1-12(2)5-4-6-13(3)17-10-14-7-8-15-16(9-14)19-11-18-15/h7-9,12-13,17H,4-6,10-11H2,1-3H3. The molecule has 1 N–H and O–H groups in total. The zero-order valence-corrected chi connectivity index (χ0v) is 12.2. The summed E-state index contributed by atoms with van der Waals surface area (Å²) < 4.78 is 10.7. The summed E-state index contributed by atoms with van der Waals surface area (Å²) in [5, 5.41) is 3.57. The lowest BCUT2D eigenvalue weighted by Gasteiger charge is -2.14. The molecule has 0 saturated carbocycles. The summed E-state index contributed by atoms with van der Waals surface area (Å²) in [6, 6.07) is 6.71.